The molecule has 0 amide bonds. The number of benzene rings is 1. The van der Waals surface area contributed by atoms with Crippen molar-refractivity contribution in [1.82, 2.24) is 4.98 Å². The van der Waals surface area contributed by atoms with Gasteiger partial charge in [0.15, 0.2) is 5.13 Å². The van der Waals surface area contributed by atoms with Gasteiger partial charge in [0.05, 0.1) is 4.88 Å². The van der Waals surface area contributed by atoms with Gasteiger partial charge in [-0.25, -0.2) is 9.37 Å². The number of nitrogens with one attached hydrogen (secondary N) is 1. The minimum Gasteiger partial charge on any atom is -0.361 e. The van der Waals surface area contributed by atoms with Crippen LogP contribution in [0.15, 0.2) is 24.4 Å². The highest BCUT2D eigenvalue weighted by atomic mass is 32.1. The summed E-state index contributed by atoms with van der Waals surface area (Å²) in [6.07, 6.45) is 1.79. The number of rotatable bonds is 4. The van der Waals surface area contributed by atoms with E-state index in [4.69, 9.17) is 0 Å². The first-order valence-electron chi connectivity index (χ1n) is 6.02. The number of halogens is 1. The van der Waals surface area contributed by atoms with Gasteiger partial charge in [0.2, 0.25) is 0 Å². The fraction of sp³-hybridized carbons (Fsp3) is 0.357. The molecule has 0 fully saturated rings. The lowest BCUT2D eigenvalue weighted by molar-refractivity contribution is 0.619. The normalized spacial score (nSPS) is 10.9. The lowest BCUT2D eigenvalue weighted by Crippen LogP contribution is -2.07. The van der Waals surface area contributed by atoms with E-state index in [0.717, 1.165) is 22.1 Å². The molecule has 0 saturated carbocycles. The molecular formula is C14H17FN2S. The van der Waals surface area contributed by atoms with Crippen LogP contribution in [0.1, 0.15) is 19.4 Å². The summed E-state index contributed by atoms with van der Waals surface area (Å²) in [6, 6.07) is 5.29. The molecule has 0 bridgehead atoms. The molecule has 2 aromatic rings. The largest absolute Gasteiger partial charge is 0.361 e. The lowest BCUT2D eigenvalue weighted by atomic mass is 10.1. The van der Waals surface area contributed by atoms with Crippen LogP contribution in [-0.2, 0) is 0 Å². The Hall–Kier alpha value is -1.42. The van der Waals surface area contributed by atoms with Crippen LogP contribution in [0.3, 0.4) is 0 Å². The zero-order chi connectivity index (χ0) is 13.1. The van der Waals surface area contributed by atoms with Crippen molar-refractivity contribution < 1.29 is 4.39 Å². The van der Waals surface area contributed by atoms with E-state index in [1.807, 2.05) is 6.07 Å². The van der Waals surface area contributed by atoms with Crippen molar-refractivity contribution in [3.8, 4) is 10.4 Å². The van der Waals surface area contributed by atoms with Gasteiger partial charge in [-0.3, -0.25) is 0 Å². The number of aryl methyl sites for hydroxylation is 1. The standard InChI is InChI=1S/C14H17FN2S/c1-9(2)7-16-14-17-8-13(18-14)11-5-4-10(3)12(15)6-11/h4-6,8-9H,7H2,1-3H3,(H,16,17). The van der Waals surface area contributed by atoms with Crippen LogP contribution in [0, 0.1) is 18.7 Å². The van der Waals surface area contributed by atoms with Crippen molar-refractivity contribution in [2.24, 2.45) is 5.92 Å². The van der Waals surface area contributed by atoms with Gasteiger partial charge in [-0.2, -0.15) is 0 Å². The van der Waals surface area contributed by atoms with Crippen molar-refractivity contribution in [3.05, 3.63) is 35.8 Å². The monoisotopic (exact) mass is 264 g/mol. The molecule has 0 aliphatic heterocycles. The lowest BCUT2D eigenvalue weighted by Gasteiger charge is -2.04. The van der Waals surface area contributed by atoms with Crippen molar-refractivity contribution >= 4 is 16.5 Å². The van der Waals surface area contributed by atoms with Crippen LogP contribution in [0.5, 0.6) is 0 Å². The summed E-state index contributed by atoms with van der Waals surface area (Å²) in [5, 5.41) is 4.16. The summed E-state index contributed by atoms with van der Waals surface area (Å²) in [7, 11) is 0. The Morgan fingerprint density at radius 2 is 2.17 bits per heavy atom. The summed E-state index contributed by atoms with van der Waals surface area (Å²) in [6.45, 7) is 6.96. The van der Waals surface area contributed by atoms with Crippen LogP contribution in [0.4, 0.5) is 9.52 Å². The first-order chi connectivity index (χ1) is 8.56. The molecule has 96 valence electrons. The molecule has 1 aromatic carbocycles. The highest BCUT2D eigenvalue weighted by molar-refractivity contribution is 7.18. The van der Waals surface area contributed by atoms with E-state index in [-0.39, 0.29) is 5.82 Å². The zero-order valence-corrected chi connectivity index (χ0v) is 11.6. The highest BCUT2D eigenvalue weighted by Gasteiger charge is 2.06. The predicted molar refractivity (Wildman–Crippen MR) is 75.6 cm³/mol. The number of nitrogens with zero attached hydrogens (tertiary/aromatic N) is 1. The molecule has 4 heteroatoms. The fourth-order valence-electron chi connectivity index (χ4n) is 1.53. The van der Waals surface area contributed by atoms with Gasteiger partial charge in [-0.15, -0.1) is 0 Å². The van der Waals surface area contributed by atoms with E-state index in [1.54, 1.807) is 36.6 Å². The van der Waals surface area contributed by atoms with E-state index < -0.39 is 0 Å². The summed E-state index contributed by atoms with van der Waals surface area (Å²) >= 11 is 1.55. The minimum absolute atomic E-state index is 0.169. The molecule has 0 saturated heterocycles. The molecule has 0 spiro atoms. The molecule has 1 aromatic heterocycles. The molecule has 1 N–H and O–H groups in total. The average molecular weight is 264 g/mol. The van der Waals surface area contributed by atoms with E-state index in [1.165, 1.54) is 0 Å². The Morgan fingerprint density at radius 1 is 1.39 bits per heavy atom. The maximum Gasteiger partial charge on any atom is 0.183 e. The van der Waals surface area contributed by atoms with Gasteiger partial charge in [0.25, 0.3) is 0 Å². The van der Waals surface area contributed by atoms with Crippen LogP contribution in [-0.4, -0.2) is 11.5 Å². The highest BCUT2D eigenvalue weighted by Crippen LogP contribution is 2.29. The van der Waals surface area contributed by atoms with Crippen molar-refractivity contribution in [2.75, 3.05) is 11.9 Å². The minimum atomic E-state index is -0.169. The van der Waals surface area contributed by atoms with E-state index in [0.29, 0.717) is 11.5 Å². The van der Waals surface area contributed by atoms with Gasteiger partial charge in [0.1, 0.15) is 5.82 Å². The van der Waals surface area contributed by atoms with E-state index in [9.17, 15) is 4.39 Å². The Kier molecular flexibility index (Phi) is 3.97. The van der Waals surface area contributed by atoms with Gasteiger partial charge in [-0.1, -0.05) is 37.3 Å². The fourth-order valence-corrected chi connectivity index (χ4v) is 2.35. The molecule has 1 heterocycles. The SMILES string of the molecule is Cc1ccc(-c2cnc(NCC(C)C)s2)cc1F. The molecule has 0 atom stereocenters. The Bertz CT molecular complexity index is 534. The third kappa shape index (κ3) is 3.07. The number of thiazole rings is 1. The molecule has 2 nitrogen and oxygen atoms in total. The van der Waals surface area contributed by atoms with E-state index in [2.05, 4.69) is 24.1 Å². The van der Waals surface area contributed by atoms with Crippen LogP contribution in [0.2, 0.25) is 0 Å². The third-order valence-corrected chi connectivity index (χ3v) is 3.63. The molecule has 0 aliphatic rings. The van der Waals surface area contributed by atoms with Crippen molar-refractivity contribution in [3.63, 3.8) is 0 Å². The first kappa shape index (κ1) is 13.0. The Labute approximate surface area is 111 Å². The van der Waals surface area contributed by atoms with Crippen LogP contribution < -0.4 is 5.32 Å². The summed E-state index contributed by atoms with van der Waals surface area (Å²) in [5.41, 5.74) is 1.55. The maximum absolute atomic E-state index is 13.5. The number of anilines is 1. The molecular weight excluding hydrogens is 247 g/mol. The molecule has 0 aliphatic carbocycles. The number of aromatic nitrogens is 1. The maximum atomic E-state index is 13.5. The van der Waals surface area contributed by atoms with E-state index >= 15 is 0 Å². The second-order valence-corrected chi connectivity index (χ2v) is 5.80. The number of hydrogen-bond donors (Lipinski definition) is 1. The van der Waals surface area contributed by atoms with Crippen molar-refractivity contribution in [2.45, 2.75) is 20.8 Å². The third-order valence-electron chi connectivity index (χ3n) is 2.62. The van der Waals surface area contributed by atoms with Crippen LogP contribution >= 0.6 is 11.3 Å². The smallest absolute Gasteiger partial charge is 0.183 e. The predicted octanol–water partition coefficient (Wildman–Crippen LogP) is 4.33. The molecule has 2 rings (SSSR count). The van der Waals surface area contributed by atoms with Crippen molar-refractivity contribution in [1.29, 1.82) is 0 Å². The first-order valence-corrected chi connectivity index (χ1v) is 6.84. The quantitative estimate of drug-likeness (QED) is 0.889. The zero-order valence-electron chi connectivity index (χ0n) is 10.8. The molecule has 0 radical (unpaired) electrons. The topological polar surface area (TPSA) is 24.9 Å². The van der Waals surface area contributed by atoms with Gasteiger partial charge < -0.3 is 5.32 Å². The average Bonchev–Trinajstić information content (AvgIpc) is 2.79. The second-order valence-electron chi connectivity index (χ2n) is 4.77. The second kappa shape index (κ2) is 5.48. The summed E-state index contributed by atoms with van der Waals surface area (Å²) in [4.78, 5) is 5.29. The molecule has 0 unspecified atom stereocenters. The summed E-state index contributed by atoms with van der Waals surface area (Å²) in [5.74, 6) is 0.409. The molecule has 18 heavy (non-hydrogen) atoms. The summed E-state index contributed by atoms with van der Waals surface area (Å²) < 4.78 is 13.5. The van der Waals surface area contributed by atoms with Gasteiger partial charge >= 0.3 is 0 Å². The Balaban J connectivity index is 2.16. The Morgan fingerprint density at radius 3 is 2.83 bits per heavy atom. The van der Waals surface area contributed by atoms with Gasteiger partial charge in [0, 0.05) is 12.7 Å². The van der Waals surface area contributed by atoms with Crippen LogP contribution in [0.25, 0.3) is 10.4 Å². The van der Waals surface area contributed by atoms with Gasteiger partial charge in [-0.05, 0) is 30.0 Å². The number of hydrogen-bond acceptors (Lipinski definition) is 3.